The lowest BCUT2D eigenvalue weighted by Gasteiger charge is -2.45. The first-order chi connectivity index (χ1) is 11.9. The molecular weight excluding hydrogens is 292 g/mol. The number of dihydropyridines is 1. The van der Waals surface area contributed by atoms with Crippen LogP contribution in [0.4, 0.5) is 0 Å². The minimum Gasteiger partial charge on any atom is -0.387 e. The molecule has 24 heavy (non-hydrogen) atoms. The minimum absolute atomic E-state index is 0.765. The zero-order valence-electron chi connectivity index (χ0n) is 13.9. The fraction of sp³-hybridized carbons (Fsp3) is 0.318. The third kappa shape index (κ3) is 3.43. The molecule has 1 fully saturated rings. The summed E-state index contributed by atoms with van der Waals surface area (Å²) in [5, 5.41) is 3.20. The fourth-order valence-electron chi connectivity index (χ4n) is 3.96. The molecular formula is C22H24N2. The summed E-state index contributed by atoms with van der Waals surface area (Å²) in [5.74, 6) is 2.40. The molecule has 0 radical (unpaired) electrons. The van der Waals surface area contributed by atoms with Gasteiger partial charge in [0, 0.05) is 18.9 Å². The first-order valence-corrected chi connectivity index (χ1v) is 8.95. The van der Waals surface area contributed by atoms with E-state index in [0.717, 1.165) is 24.3 Å². The number of fused-ring (bicyclic) bond motifs is 1. The molecule has 0 amide bonds. The molecule has 1 aliphatic heterocycles. The molecule has 0 aromatic carbocycles. The van der Waals surface area contributed by atoms with E-state index in [1.165, 1.54) is 36.0 Å². The van der Waals surface area contributed by atoms with Crippen molar-refractivity contribution < 1.29 is 0 Å². The van der Waals surface area contributed by atoms with Crippen molar-refractivity contribution in [1.29, 1.82) is 0 Å². The largest absolute Gasteiger partial charge is 0.387 e. The Morgan fingerprint density at radius 3 is 2.83 bits per heavy atom. The van der Waals surface area contributed by atoms with Crippen LogP contribution in [0.5, 0.6) is 0 Å². The Bertz CT molecular complexity index is 722. The van der Waals surface area contributed by atoms with Crippen LogP contribution in [0.1, 0.15) is 24.8 Å². The van der Waals surface area contributed by atoms with Gasteiger partial charge in [-0.3, -0.25) is 4.98 Å². The van der Waals surface area contributed by atoms with Gasteiger partial charge in [-0.1, -0.05) is 42.0 Å². The van der Waals surface area contributed by atoms with Gasteiger partial charge in [-0.15, -0.1) is 0 Å². The molecule has 0 bridgehead atoms. The zero-order valence-corrected chi connectivity index (χ0v) is 13.9. The van der Waals surface area contributed by atoms with Crippen LogP contribution in [0.15, 0.2) is 78.3 Å². The van der Waals surface area contributed by atoms with E-state index in [2.05, 4.69) is 65.0 Å². The van der Waals surface area contributed by atoms with Gasteiger partial charge < -0.3 is 5.32 Å². The zero-order chi connectivity index (χ0) is 16.2. The number of allylic oxidation sites excluding steroid dienone is 7. The van der Waals surface area contributed by atoms with Gasteiger partial charge in [0.1, 0.15) is 0 Å². The topological polar surface area (TPSA) is 24.9 Å². The molecule has 0 spiro atoms. The predicted molar refractivity (Wildman–Crippen MR) is 100 cm³/mol. The van der Waals surface area contributed by atoms with E-state index in [4.69, 9.17) is 0 Å². The molecule has 1 saturated carbocycles. The molecule has 4 rings (SSSR count). The van der Waals surface area contributed by atoms with Crippen molar-refractivity contribution in [2.45, 2.75) is 19.3 Å². The van der Waals surface area contributed by atoms with Gasteiger partial charge in [-0.25, -0.2) is 0 Å². The monoisotopic (exact) mass is 316 g/mol. The SMILES string of the molecule is C1=CC(/C=C/C2CC3C=C(/C=C/c4ccncc4)CCC32)=CCN1. The summed E-state index contributed by atoms with van der Waals surface area (Å²) in [7, 11) is 0. The molecule has 1 aromatic rings. The van der Waals surface area contributed by atoms with Gasteiger partial charge >= 0.3 is 0 Å². The molecule has 0 saturated heterocycles. The number of pyridine rings is 1. The first kappa shape index (κ1) is 15.2. The molecule has 2 heteroatoms. The highest BCUT2D eigenvalue weighted by molar-refractivity contribution is 5.52. The maximum Gasteiger partial charge on any atom is 0.0334 e. The van der Waals surface area contributed by atoms with Crippen LogP contribution in [-0.2, 0) is 0 Å². The van der Waals surface area contributed by atoms with Crippen LogP contribution in [0.3, 0.4) is 0 Å². The fourth-order valence-corrected chi connectivity index (χ4v) is 3.96. The van der Waals surface area contributed by atoms with Crippen molar-refractivity contribution in [3.05, 3.63) is 83.9 Å². The summed E-state index contributed by atoms with van der Waals surface area (Å²) >= 11 is 0. The molecule has 3 aliphatic rings. The van der Waals surface area contributed by atoms with Crippen LogP contribution >= 0.6 is 0 Å². The Labute approximate surface area is 144 Å². The highest BCUT2D eigenvalue weighted by atomic mass is 14.8. The standard InChI is InChI=1S/C22H24N2/c1(17-7-11-23-12-8-17)2-19-4-6-22-20(16-21(22)15-19)5-3-18-9-13-24-14-10-18/h1-3,5,7-13,15,20-22,24H,4,6,14,16H2/b2-1+,5-3+. The average molecular weight is 316 g/mol. The molecule has 2 aliphatic carbocycles. The lowest BCUT2D eigenvalue weighted by atomic mass is 9.60. The van der Waals surface area contributed by atoms with E-state index in [1.807, 2.05) is 18.6 Å². The molecule has 2 nitrogen and oxygen atoms in total. The third-order valence-electron chi connectivity index (χ3n) is 5.42. The minimum atomic E-state index is 0.765. The Morgan fingerprint density at radius 2 is 2.04 bits per heavy atom. The summed E-state index contributed by atoms with van der Waals surface area (Å²) in [6, 6.07) is 4.10. The highest BCUT2D eigenvalue weighted by Crippen LogP contribution is 2.49. The number of hydrogen-bond acceptors (Lipinski definition) is 2. The Balaban J connectivity index is 1.34. The Kier molecular flexibility index (Phi) is 4.46. The van der Waals surface area contributed by atoms with Crippen molar-refractivity contribution in [3.63, 3.8) is 0 Å². The summed E-state index contributed by atoms with van der Waals surface area (Å²) in [4.78, 5) is 4.06. The van der Waals surface area contributed by atoms with Crippen molar-refractivity contribution in [2.75, 3.05) is 6.54 Å². The smallest absolute Gasteiger partial charge is 0.0334 e. The van der Waals surface area contributed by atoms with Crippen molar-refractivity contribution in [3.8, 4) is 0 Å². The van der Waals surface area contributed by atoms with Gasteiger partial charge in [0.15, 0.2) is 0 Å². The summed E-state index contributed by atoms with van der Waals surface area (Å²) < 4.78 is 0. The Hall–Kier alpha value is -2.35. The summed E-state index contributed by atoms with van der Waals surface area (Å²) in [6.07, 6.45) is 25.7. The van der Waals surface area contributed by atoms with Crippen LogP contribution in [0.2, 0.25) is 0 Å². The number of rotatable bonds is 4. The van der Waals surface area contributed by atoms with Crippen LogP contribution in [0.25, 0.3) is 6.08 Å². The predicted octanol–water partition coefficient (Wildman–Crippen LogP) is 4.67. The lowest BCUT2D eigenvalue weighted by Crippen LogP contribution is -2.36. The van der Waals surface area contributed by atoms with Crippen LogP contribution in [0, 0.1) is 17.8 Å². The van der Waals surface area contributed by atoms with E-state index in [-0.39, 0.29) is 0 Å². The van der Waals surface area contributed by atoms with Crippen LogP contribution in [-0.4, -0.2) is 11.5 Å². The maximum absolute atomic E-state index is 4.06. The van der Waals surface area contributed by atoms with Crippen molar-refractivity contribution in [1.82, 2.24) is 10.3 Å². The highest BCUT2D eigenvalue weighted by Gasteiger charge is 2.39. The van der Waals surface area contributed by atoms with E-state index in [9.17, 15) is 0 Å². The lowest BCUT2D eigenvalue weighted by molar-refractivity contribution is 0.130. The molecule has 122 valence electrons. The van der Waals surface area contributed by atoms with Crippen molar-refractivity contribution in [2.24, 2.45) is 17.8 Å². The summed E-state index contributed by atoms with van der Waals surface area (Å²) in [6.45, 7) is 0.947. The second-order valence-corrected chi connectivity index (χ2v) is 6.93. The van der Waals surface area contributed by atoms with E-state index < -0.39 is 0 Å². The van der Waals surface area contributed by atoms with Crippen LogP contribution < -0.4 is 5.32 Å². The van der Waals surface area contributed by atoms with E-state index in [1.54, 1.807) is 0 Å². The van der Waals surface area contributed by atoms with E-state index >= 15 is 0 Å². The normalized spacial score (nSPS) is 28.9. The number of nitrogens with one attached hydrogen (secondary N) is 1. The first-order valence-electron chi connectivity index (χ1n) is 8.95. The number of nitrogens with zero attached hydrogens (tertiary/aromatic N) is 1. The van der Waals surface area contributed by atoms with Gasteiger partial charge in [-0.05, 0) is 72.6 Å². The second kappa shape index (κ2) is 7.04. The average Bonchev–Trinajstić information content (AvgIpc) is 2.63. The maximum atomic E-state index is 4.06. The van der Waals surface area contributed by atoms with Gasteiger partial charge in [0.05, 0.1) is 0 Å². The van der Waals surface area contributed by atoms with Crippen molar-refractivity contribution >= 4 is 6.08 Å². The second-order valence-electron chi connectivity index (χ2n) is 6.93. The third-order valence-corrected chi connectivity index (χ3v) is 5.42. The molecule has 3 unspecified atom stereocenters. The van der Waals surface area contributed by atoms with Gasteiger partial charge in [-0.2, -0.15) is 0 Å². The summed E-state index contributed by atoms with van der Waals surface area (Å²) in [5.41, 5.74) is 4.06. The Morgan fingerprint density at radius 1 is 1.12 bits per heavy atom. The quantitative estimate of drug-likeness (QED) is 0.873. The van der Waals surface area contributed by atoms with Gasteiger partial charge in [0.2, 0.25) is 0 Å². The number of aromatic nitrogens is 1. The number of hydrogen-bond donors (Lipinski definition) is 1. The van der Waals surface area contributed by atoms with E-state index in [0.29, 0.717) is 0 Å². The van der Waals surface area contributed by atoms with Gasteiger partial charge in [0.25, 0.3) is 0 Å². The molecule has 3 atom stereocenters. The molecule has 2 heterocycles. The molecule has 1 aromatic heterocycles. The molecule has 1 N–H and O–H groups in total.